The highest BCUT2D eigenvalue weighted by atomic mass is 32.1. The lowest BCUT2D eigenvalue weighted by Gasteiger charge is -2.27. The van der Waals surface area contributed by atoms with Crippen LogP contribution in [0.25, 0.3) is 0 Å². The lowest BCUT2D eigenvalue weighted by Crippen LogP contribution is -2.26. The molecule has 0 bridgehead atoms. The molecule has 1 atom stereocenters. The van der Waals surface area contributed by atoms with E-state index < -0.39 is 11.9 Å². The molecule has 1 unspecified atom stereocenters. The van der Waals surface area contributed by atoms with Crippen LogP contribution < -0.4 is 0 Å². The van der Waals surface area contributed by atoms with Crippen molar-refractivity contribution in [2.45, 2.75) is 51.0 Å². The van der Waals surface area contributed by atoms with Crippen molar-refractivity contribution in [2.24, 2.45) is 0 Å². The normalized spacial score (nSPS) is 18.9. The van der Waals surface area contributed by atoms with E-state index in [-0.39, 0.29) is 5.60 Å². The fourth-order valence-corrected chi connectivity index (χ4v) is 4.04. The molecule has 0 saturated carbocycles. The number of aryl methyl sites for hydroxylation is 1. The minimum Gasteiger partial charge on any atom is -0.481 e. The minimum absolute atomic E-state index is 0.349. The Hall–Kier alpha value is -0.940. The van der Waals surface area contributed by atoms with Crippen LogP contribution >= 0.6 is 11.3 Å². The van der Waals surface area contributed by atoms with E-state index >= 15 is 0 Å². The lowest BCUT2D eigenvalue weighted by molar-refractivity contribution is -0.138. The van der Waals surface area contributed by atoms with Gasteiger partial charge in [-0.3, -0.25) is 4.79 Å². The fourth-order valence-electron chi connectivity index (χ4n) is 2.59. The minimum atomic E-state index is -0.762. The molecule has 100 valence electrons. The molecule has 18 heavy (non-hydrogen) atoms. The summed E-state index contributed by atoms with van der Waals surface area (Å²) in [4.78, 5) is 16.9. The predicted octanol–water partition coefficient (Wildman–Crippen LogP) is 2.92. The molecule has 1 aliphatic rings. The van der Waals surface area contributed by atoms with Crippen LogP contribution in [-0.4, -0.2) is 23.2 Å². The van der Waals surface area contributed by atoms with E-state index in [1.54, 1.807) is 18.4 Å². The van der Waals surface area contributed by atoms with Crippen molar-refractivity contribution < 1.29 is 14.6 Å². The average Bonchev–Trinajstić information content (AvgIpc) is 2.91. The van der Waals surface area contributed by atoms with Gasteiger partial charge in [0.25, 0.3) is 0 Å². The second-order valence-electron chi connectivity index (χ2n) is 4.66. The lowest BCUT2D eigenvalue weighted by atomic mass is 9.98. The van der Waals surface area contributed by atoms with Gasteiger partial charge in [0.2, 0.25) is 0 Å². The molecular weight excluding hydrogens is 250 g/mol. The standard InChI is InChI=1S/C13H19NO3S/c1-4-13(5-2,17-3)12-14-10-8(11(15)16)6-7-9(10)18-12/h8H,4-7H2,1-3H3,(H,15,16). The summed E-state index contributed by atoms with van der Waals surface area (Å²) in [5.41, 5.74) is 0.420. The van der Waals surface area contributed by atoms with Crippen LogP contribution in [0.15, 0.2) is 0 Å². The number of ether oxygens (including phenoxy) is 1. The van der Waals surface area contributed by atoms with E-state index in [1.807, 2.05) is 0 Å². The second-order valence-corrected chi connectivity index (χ2v) is 5.75. The Bertz CT molecular complexity index is 443. The summed E-state index contributed by atoms with van der Waals surface area (Å²) in [6, 6.07) is 0. The Kier molecular flexibility index (Phi) is 3.73. The highest BCUT2D eigenvalue weighted by Gasteiger charge is 2.38. The summed E-state index contributed by atoms with van der Waals surface area (Å²) >= 11 is 1.62. The zero-order chi connectivity index (χ0) is 13.3. The monoisotopic (exact) mass is 269 g/mol. The molecule has 1 aliphatic carbocycles. The third-order valence-electron chi connectivity index (χ3n) is 3.94. The Morgan fingerprint density at radius 1 is 1.56 bits per heavy atom. The van der Waals surface area contributed by atoms with Crippen LogP contribution in [0.1, 0.15) is 54.6 Å². The quantitative estimate of drug-likeness (QED) is 0.893. The first-order valence-corrected chi connectivity index (χ1v) is 7.17. The topological polar surface area (TPSA) is 59.4 Å². The summed E-state index contributed by atoms with van der Waals surface area (Å²) in [5.74, 6) is -1.19. The largest absolute Gasteiger partial charge is 0.481 e. The van der Waals surface area contributed by atoms with Crippen molar-refractivity contribution in [1.82, 2.24) is 4.98 Å². The van der Waals surface area contributed by atoms with Gasteiger partial charge in [0.1, 0.15) is 16.5 Å². The van der Waals surface area contributed by atoms with Gasteiger partial charge in [-0.1, -0.05) is 13.8 Å². The molecule has 5 heteroatoms. The Morgan fingerprint density at radius 3 is 2.72 bits per heavy atom. The molecule has 0 saturated heterocycles. The molecule has 1 aromatic heterocycles. The molecular formula is C13H19NO3S. The first-order chi connectivity index (χ1) is 8.57. The number of carboxylic acid groups (broad SMARTS) is 1. The molecule has 1 aromatic rings. The van der Waals surface area contributed by atoms with Crippen LogP contribution in [0.2, 0.25) is 0 Å². The Morgan fingerprint density at radius 2 is 2.22 bits per heavy atom. The molecule has 1 heterocycles. The van der Waals surface area contributed by atoms with Crippen molar-refractivity contribution in [1.29, 1.82) is 0 Å². The zero-order valence-corrected chi connectivity index (χ0v) is 11.8. The van der Waals surface area contributed by atoms with Gasteiger partial charge < -0.3 is 9.84 Å². The SMILES string of the molecule is CCC(CC)(OC)c1nc2c(s1)CCC2C(=O)O. The number of carbonyl (C=O) groups is 1. The number of fused-ring (bicyclic) bond motifs is 1. The van der Waals surface area contributed by atoms with Gasteiger partial charge in [-0.2, -0.15) is 0 Å². The summed E-state index contributed by atoms with van der Waals surface area (Å²) in [6.45, 7) is 4.16. The summed E-state index contributed by atoms with van der Waals surface area (Å²) in [7, 11) is 1.70. The van der Waals surface area contributed by atoms with Crippen LogP contribution in [0.3, 0.4) is 0 Å². The third kappa shape index (κ3) is 1.95. The zero-order valence-electron chi connectivity index (χ0n) is 11.0. The van der Waals surface area contributed by atoms with Crippen molar-refractivity contribution in [3.63, 3.8) is 0 Å². The van der Waals surface area contributed by atoms with E-state index in [0.29, 0.717) is 6.42 Å². The van der Waals surface area contributed by atoms with E-state index in [9.17, 15) is 9.90 Å². The molecule has 0 aliphatic heterocycles. The Balaban J connectivity index is 2.39. The predicted molar refractivity (Wildman–Crippen MR) is 70.1 cm³/mol. The van der Waals surface area contributed by atoms with Crippen molar-refractivity contribution in [2.75, 3.05) is 7.11 Å². The van der Waals surface area contributed by atoms with Gasteiger partial charge in [0, 0.05) is 12.0 Å². The highest BCUT2D eigenvalue weighted by molar-refractivity contribution is 7.12. The molecule has 4 nitrogen and oxygen atoms in total. The molecule has 0 amide bonds. The smallest absolute Gasteiger partial charge is 0.312 e. The number of hydrogen-bond acceptors (Lipinski definition) is 4. The first-order valence-electron chi connectivity index (χ1n) is 6.36. The number of rotatable bonds is 5. The Labute approximate surface area is 111 Å². The molecule has 0 spiro atoms. The number of aromatic nitrogens is 1. The molecule has 0 aromatic carbocycles. The number of aliphatic carboxylic acids is 1. The van der Waals surface area contributed by atoms with Gasteiger partial charge in [-0.05, 0) is 25.7 Å². The first kappa shape index (κ1) is 13.5. The maximum absolute atomic E-state index is 11.2. The number of nitrogens with zero attached hydrogens (tertiary/aromatic N) is 1. The number of thiazole rings is 1. The van der Waals surface area contributed by atoms with Crippen molar-refractivity contribution in [3.05, 3.63) is 15.6 Å². The fraction of sp³-hybridized carbons (Fsp3) is 0.692. The van der Waals surface area contributed by atoms with Gasteiger partial charge in [-0.15, -0.1) is 11.3 Å². The van der Waals surface area contributed by atoms with Crippen LogP contribution in [0.5, 0.6) is 0 Å². The summed E-state index contributed by atoms with van der Waals surface area (Å²) in [5, 5.41) is 10.1. The summed E-state index contributed by atoms with van der Waals surface area (Å²) in [6.07, 6.45) is 3.22. The van der Waals surface area contributed by atoms with Crippen LogP contribution in [0, 0.1) is 0 Å². The number of hydrogen-bond donors (Lipinski definition) is 1. The number of carboxylic acids is 1. The van der Waals surface area contributed by atoms with Gasteiger partial charge in [0.05, 0.1) is 5.69 Å². The van der Waals surface area contributed by atoms with E-state index in [2.05, 4.69) is 18.8 Å². The van der Waals surface area contributed by atoms with E-state index in [4.69, 9.17) is 4.74 Å². The summed E-state index contributed by atoms with van der Waals surface area (Å²) < 4.78 is 5.66. The van der Waals surface area contributed by atoms with Gasteiger partial charge >= 0.3 is 5.97 Å². The van der Waals surface area contributed by atoms with Crippen LogP contribution in [0.4, 0.5) is 0 Å². The highest BCUT2D eigenvalue weighted by Crippen LogP contribution is 2.42. The molecule has 1 N–H and O–H groups in total. The molecule has 2 rings (SSSR count). The van der Waals surface area contributed by atoms with Gasteiger partial charge in [-0.25, -0.2) is 4.98 Å². The number of methoxy groups -OCH3 is 1. The maximum Gasteiger partial charge on any atom is 0.312 e. The molecule has 0 radical (unpaired) electrons. The second kappa shape index (κ2) is 4.97. The van der Waals surface area contributed by atoms with E-state index in [0.717, 1.165) is 34.8 Å². The average molecular weight is 269 g/mol. The van der Waals surface area contributed by atoms with Crippen molar-refractivity contribution in [3.8, 4) is 0 Å². The molecule has 0 fully saturated rings. The van der Waals surface area contributed by atoms with Crippen molar-refractivity contribution >= 4 is 17.3 Å². The van der Waals surface area contributed by atoms with Crippen LogP contribution in [-0.2, 0) is 21.6 Å². The van der Waals surface area contributed by atoms with E-state index in [1.165, 1.54) is 0 Å². The maximum atomic E-state index is 11.2. The third-order valence-corrected chi connectivity index (χ3v) is 5.25. The van der Waals surface area contributed by atoms with Gasteiger partial charge in [0.15, 0.2) is 0 Å².